The molecule has 0 spiro atoms. The minimum absolute atomic E-state index is 0.152. The number of hydrogen-bond acceptors (Lipinski definition) is 4. The van der Waals surface area contributed by atoms with Gasteiger partial charge in [0.05, 0.1) is 18.2 Å². The average Bonchev–Trinajstić information content (AvgIpc) is 2.84. The lowest BCUT2D eigenvalue weighted by atomic mass is 10.0. The molecule has 4 rings (SSSR count). The van der Waals surface area contributed by atoms with Gasteiger partial charge in [-0.25, -0.2) is 0 Å². The number of halogens is 6. The molecule has 1 atom stereocenters. The Labute approximate surface area is 168 Å². The van der Waals surface area contributed by atoms with Crippen molar-refractivity contribution in [2.75, 3.05) is 32.8 Å². The zero-order valence-corrected chi connectivity index (χ0v) is 15.6. The lowest BCUT2D eigenvalue weighted by Crippen LogP contribution is -2.57. The minimum atomic E-state index is -4.41. The monoisotopic (exact) mass is 432 g/mol. The zero-order valence-electron chi connectivity index (χ0n) is 15.6. The van der Waals surface area contributed by atoms with Crippen molar-refractivity contribution in [2.24, 2.45) is 0 Å². The summed E-state index contributed by atoms with van der Waals surface area (Å²) in [5, 5.41) is 1.61. The standard InChI is InChI=1S/C20H18F6N2O2/c21-19(22,23)12-27-7-8-28-16(10-27)11-29-17-6-3-14(9-18(17)30-28)13-1-4-15(5-2-13)20(24,25)26/h1-6,9,16H,7-8,10-12H2. The van der Waals surface area contributed by atoms with Gasteiger partial charge in [-0.1, -0.05) is 18.2 Å². The molecule has 0 N–H and O–H groups in total. The smallest absolute Gasteiger partial charge is 0.416 e. The van der Waals surface area contributed by atoms with Crippen molar-refractivity contribution in [2.45, 2.75) is 18.4 Å². The molecule has 0 radical (unpaired) electrons. The fourth-order valence-electron chi connectivity index (χ4n) is 3.60. The van der Waals surface area contributed by atoms with Crippen molar-refractivity contribution in [3.63, 3.8) is 0 Å². The number of rotatable bonds is 2. The van der Waals surface area contributed by atoms with E-state index in [0.717, 1.165) is 12.1 Å². The Morgan fingerprint density at radius 2 is 1.57 bits per heavy atom. The molecule has 0 saturated carbocycles. The van der Waals surface area contributed by atoms with Crippen molar-refractivity contribution in [3.8, 4) is 22.6 Å². The summed E-state index contributed by atoms with van der Waals surface area (Å²) in [6.45, 7) is -0.194. The van der Waals surface area contributed by atoms with Crippen LogP contribution in [0.3, 0.4) is 0 Å². The Balaban J connectivity index is 1.50. The first kappa shape index (κ1) is 20.8. The van der Waals surface area contributed by atoms with Gasteiger partial charge in [-0.3, -0.25) is 4.90 Å². The summed E-state index contributed by atoms with van der Waals surface area (Å²) < 4.78 is 82.0. The summed E-state index contributed by atoms with van der Waals surface area (Å²) in [5.74, 6) is 0.807. The second-order valence-electron chi connectivity index (χ2n) is 7.28. The first-order valence-electron chi connectivity index (χ1n) is 9.27. The van der Waals surface area contributed by atoms with Gasteiger partial charge >= 0.3 is 12.4 Å². The van der Waals surface area contributed by atoms with E-state index in [1.807, 2.05) is 0 Å². The summed E-state index contributed by atoms with van der Waals surface area (Å²) in [4.78, 5) is 7.22. The summed E-state index contributed by atoms with van der Waals surface area (Å²) in [5.41, 5.74) is 0.477. The van der Waals surface area contributed by atoms with E-state index in [4.69, 9.17) is 9.57 Å². The first-order valence-corrected chi connectivity index (χ1v) is 9.27. The highest BCUT2D eigenvalue weighted by Crippen LogP contribution is 2.37. The number of nitrogens with zero attached hydrogens (tertiary/aromatic N) is 2. The van der Waals surface area contributed by atoms with E-state index in [-0.39, 0.29) is 32.3 Å². The van der Waals surface area contributed by atoms with E-state index >= 15 is 0 Å². The van der Waals surface area contributed by atoms with E-state index in [2.05, 4.69) is 0 Å². The predicted molar refractivity (Wildman–Crippen MR) is 96.0 cm³/mol. The minimum Gasteiger partial charge on any atom is -0.488 e. The molecule has 0 aliphatic carbocycles. The van der Waals surface area contributed by atoms with Crippen LogP contribution in [0.15, 0.2) is 42.5 Å². The van der Waals surface area contributed by atoms with Gasteiger partial charge in [0.15, 0.2) is 11.5 Å². The summed E-state index contributed by atoms with van der Waals surface area (Å²) in [6, 6.07) is 9.40. The largest absolute Gasteiger partial charge is 0.488 e. The van der Waals surface area contributed by atoms with Gasteiger partial charge in [-0.15, -0.1) is 5.06 Å². The number of ether oxygens (including phenoxy) is 1. The fourth-order valence-corrected chi connectivity index (χ4v) is 3.60. The van der Waals surface area contributed by atoms with Gasteiger partial charge in [0, 0.05) is 19.6 Å². The molecular formula is C20H18F6N2O2. The van der Waals surface area contributed by atoms with Gasteiger partial charge in [-0.2, -0.15) is 26.3 Å². The third-order valence-corrected chi connectivity index (χ3v) is 5.05. The molecule has 2 aromatic rings. The quantitative estimate of drug-likeness (QED) is 0.648. The molecule has 4 nitrogen and oxygen atoms in total. The zero-order chi connectivity index (χ0) is 21.5. The fraction of sp³-hybridized carbons (Fsp3) is 0.400. The van der Waals surface area contributed by atoms with Crippen molar-refractivity contribution in [1.29, 1.82) is 0 Å². The maximum Gasteiger partial charge on any atom is 0.416 e. The maximum atomic E-state index is 12.8. The van der Waals surface area contributed by atoms with Crippen LogP contribution < -0.4 is 9.57 Å². The van der Waals surface area contributed by atoms with Gasteiger partial charge in [0.25, 0.3) is 0 Å². The summed E-state index contributed by atoms with van der Waals surface area (Å²) in [7, 11) is 0. The number of hydroxylamine groups is 2. The Hall–Kier alpha value is -2.46. The van der Waals surface area contributed by atoms with Crippen molar-refractivity contribution in [1.82, 2.24) is 9.96 Å². The van der Waals surface area contributed by atoms with Crippen LogP contribution in [0.1, 0.15) is 5.56 Å². The van der Waals surface area contributed by atoms with Crippen molar-refractivity contribution in [3.05, 3.63) is 48.0 Å². The highest BCUT2D eigenvalue weighted by Gasteiger charge is 2.37. The molecule has 0 bridgehead atoms. The highest BCUT2D eigenvalue weighted by atomic mass is 19.4. The third kappa shape index (κ3) is 4.65. The highest BCUT2D eigenvalue weighted by molar-refractivity contribution is 5.67. The number of benzene rings is 2. The number of alkyl halides is 6. The van der Waals surface area contributed by atoms with Crippen LogP contribution in [0.2, 0.25) is 0 Å². The van der Waals surface area contributed by atoms with Gasteiger partial charge in [-0.05, 0) is 35.4 Å². The second kappa shape index (κ2) is 7.66. The van der Waals surface area contributed by atoms with Gasteiger partial charge < -0.3 is 9.57 Å². The summed E-state index contributed by atoms with van der Waals surface area (Å²) >= 11 is 0. The molecule has 1 saturated heterocycles. The normalized spacial score (nSPS) is 20.5. The van der Waals surface area contributed by atoms with E-state index in [9.17, 15) is 26.3 Å². The predicted octanol–water partition coefficient (Wildman–Crippen LogP) is 4.61. The van der Waals surface area contributed by atoms with E-state index in [1.165, 1.54) is 17.0 Å². The lowest BCUT2D eigenvalue weighted by Gasteiger charge is -2.38. The molecule has 2 aliphatic heterocycles. The molecule has 1 unspecified atom stereocenters. The second-order valence-corrected chi connectivity index (χ2v) is 7.28. The van der Waals surface area contributed by atoms with Crippen LogP contribution in [0.25, 0.3) is 11.1 Å². The molecule has 162 valence electrons. The number of fused-ring (bicyclic) bond motifs is 2. The number of piperazine rings is 1. The molecular weight excluding hydrogens is 414 g/mol. The first-order chi connectivity index (χ1) is 14.1. The van der Waals surface area contributed by atoms with Crippen LogP contribution in [0, 0.1) is 0 Å². The Morgan fingerprint density at radius 1 is 0.867 bits per heavy atom. The average molecular weight is 432 g/mol. The van der Waals surface area contributed by atoms with E-state index in [0.29, 0.717) is 22.6 Å². The van der Waals surface area contributed by atoms with Crippen molar-refractivity contribution < 1.29 is 35.9 Å². The molecule has 0 amide bonds. The van der Waals surface area contributed by atoms with Crippen LogP contribution in [0.5, 0.6) is 11.5 Å². The molecule has 0 aromatic heterocycles. The Bertz CT molecular complexity index is 898. The molecule has 30 heavy (non-hydrogen) atoms. The molecule has 10 heteroatoms. The Kier molecular flexibility index (Phi) is 5.31. The topological polar surface area (TPSA) is 24.9 Å². The van der Waals surface area contributed by atoms with Crippen molar-refractivity contribution >= 4 is 0 Å². The van der Waals surface area contributed by atoms with Crippen LogP contribution in [-0.4, -0.2) is 55.0 Å². The molecule has 2 aromatic carbocycles. The molecule has 2 aliphatic rings. The summed E-state index contributed by atoms with van der Waals surface area (Å²) in [6.07, 6.45) is -8.68. The number of hydrogen-bond donors (Lipinski definition) is 0. The van der Waals surface area contributed by atoms with E-state index in [1.54, 1.807) is 23.3 Å². The van der Waals surface area contributed by atoms with Crippen LogP contribution in [0.4, 0.5) is 26.3 Å². The third-order valence-electron chi connectivity index (χ3n) is 5.05. The SMILES string of the molecule is FC(F)(F)CN1CCN2Oc3cc(-c4ccc(C(F)(F)F)cc4)ccc3OCC2C1. The van der Waals surface area contributed by atoms with Gasteiger partial charge in [0.1, 0.15) is 6.61 Å². The van der Waals surface area contributed by atoms with E-state index < -0.39 is 24.5 Å². The Morgan fingerprint density at radius 3 is 2.23 bits per heavy atom. The van der Waals surface area contributed by atoms with Gasteiger partial charge in [0.2, 0.25) is 0 Å². The molecule has 2 heterocycles. The maximum absolute atomic E-state index is 12.8. The van der Waals surface area contributed by atoms with Crippen LogP contribution in [-0.2, 0) is 6.18 Å². The molecule has 1 fully saturated rings. The lowest BCUT2D eigenvalue weighted by molar-refractivity contribution is -0.173. The van der Waals surface area contributed by atoms with Crippen LogP contribution >= 0.6 is 0 Å².